The van der Waals surface area contributed by atoms with Crippen LogP contribution in [0.3, 0.4) is 0 Å². The zero-order valence-corrected chi connectivity index (χ0v) is 10.5. The van der Waals surface area contributed by atoms with Gasteiger partial charge in [-0.1, -0.05) is 6.07 Å². The van der Waals surface area contributed by atoms with Crippen LogP contribution in [0.25, 0.3) is 0 Å². The van der Waals surface area contributed by atoms with E-state index >= 15 is 0 Å². The van der Waals surface area contributed by atoms with Crippen molar-refractivity contribution < 1.29 is 4.74 Å². The van der Waals surface area contributed by atoms with Crippen molar-refractivity contribution in [1.29, 1.82) is 0 Å². The van der Waals surface area contributed by atoms with Crippen molar-refractivity contribution in [1.82, 2.24) is 20.5 Å². The van der Waals surface area contributed by atoms with Crippen molar-refractivity contribution in [3.05, 3.63) is 30.1 Å². The zero-order valence-electron chi connectivity index (χ0n) is 10.5. The smallest absolute Gasteiger partial charge is 0.129 e. The lowest BCUT2D eigenvalue weighted by molar-refractivity contribution is 0.00659. The van der Waals surface area contributed by atoms with Crippen molar-refractivity contribution in [3.63, 3.8) is 0 Å². The van der Waals surface area contributed by atoms with Gasteiger partial charge >= 0.3 is 0 Å². The molecule has 2 aliphatic heterocycles. The first-order valence-corrected chi connectivity index (χ1v) is 6.66. The number of nitrogens with zero attached hydrogens (tertiary/aromatic N) is 2. The van der Waals surface area contributed by atoms with Crippen LogP contribution < -0.4 is 10.6 Å². The van der Waals surface area contributed by atoms with Crippen molar-refractivity contribution in [3.8, 4) is 0 Å². The molecule has 2 saturated heterocycles. The number of piperazine rings is 1. The zero-order chi connectivity index (χ0) is 12.2. The number of aromatic nitrogens is 1. The van der Waals surface area contributed by atoms with Gasteiger partial charge in [0.15, 0.2) is 0 Å². The van der Waals surface area contributed by atoms with Crippen molar-refractivity contribution >= 4 is 0 Å². The summed E-state index contributed by atoms with van der Waals surface area (Å²) < 4.78 is 5.81. The van der Waals surface area contributed by atoms with E-state index in [0.29, 0.717) is 0 Å². The van der Waals surface area contributed by atoms with Gasteiger partial charge in [-0.25, -0.2) is 0 Å². The van der Waals surface area contributed by atoms with E-state index in [4.69, 9.17) is 4.74 Å². The van der Waals surface area contributed by atoms with Crippen molar-refractivity contribution in [2.45, 2.75) is 12.3 Å². The first-order valence-electron chi connectivity index (χ1n) is 6.66. The lowest BCUT2D eigenvalue weighted by Crippen LogP contribution is -2.50. The summed E-state index contributed by atoms with van der Waals surface area (Å²) in [7, 11) is 0. The molecule has 1 aromatic rings. The largest absolute Gasteiger partial charge is 0.360 e. The van der Waals surface area contributed by atoms with Gasteiger partial charge in [-0.2, -0.15) is 0 Å². The Morgan fingerprint density at radius 2 is 2.17 bits per heavy atom. The first kappa shape index (κ1) is 12.0. The molecule has 18 heavy (non-hydrogen) atoms. The number of hydrogen-bond donors (Lipinski definition) is 2. The van der Waals surface area contributed by atoms with E-state index in [9.17, 15) is 0 Å². The van der Waals surface area contributed by atoms with Crippen LogP contribution in [0, 0.1) is 0 Å². The SMILES string of the molecule is c1ccc(C(C2NCCO2)N2CCNCC2)nc1. The van der Waals surface area contributed by atoms with E-state index in [1.54, 1.807) is 0 Å². The molecule has 0 radical (unpaired) electrons. The van der Waals surface area contributed by atoms with E-state index < -0.39 is 0 Å². The molecule has 2 atom stereocenters. The summed E-state index contributed by atoms with van der Waals surface area (Å²) >= 11 is 0. The van der Waals surface area contributed by atoms with Gasteiger partial charge in [-0.15, -0.1) is 0 Å². The summed E-state index contributed by atoms with van der Waals surface area (Å²) in [5.74, 6) is 0. The highest BCUT2D eigenvalue weighted by molar-refractivity contribution is 5.11. The summed E-state index contributed by atoms with van der Waals surface area (Å²) in [6.07, 6.45) is 1.93. The van der Waals surface area contributed by atoms with Gasteiger partial charge in [-0.05, 0) is 12.1 Å². The van der Waals surface area contributed by atoms with Gasteiger partial charge in [0.2, 0.25) is 0 Å². The molecule has 0 aliphatic carbocycles. The van der Waals surface area contributed by atoms with Crippen LogP contribution in [0.4, 0.5) is 0 Å². The first-order chi connectivity index (χ1) is 8.95. The molecule has 3 heterocycles. The third kappa shape index (κ3) is 2.54. The Morgan fingerprint density at radius 1 is 1.28 bits per heavy atom. The number of nitrogens with one attached hydrogen (secondary N) is 2. The fourth-order valence-corrected chi connectivity index (χ4v) is 2.69. The summed E-state index contributed by atoms with van der Waals surface area (Å²) in [6, 6.07) is 6.32. The normalized spacial score (nSPS) is 27.2. The fourth-order valence-electron chi connectivity index (χ4n) is 2.69. The molecule has 0 aromatic carbocycles. The Morgan fingerprint density at radius 3 is 2.83 bits per heavy atom. The molecule has 2 N–H and O–H groups in total. The second kappa shape index (κ2) is 5.75. The molecule has 98 valence electrons. The van der Waals surface area contributed by atoms with E-state index in [1.807, 2.05) is 18.3 Å². The number of hydrogen-bond acceptors (Lipinski definition) is 5. The molecular weight excluding hydrogens is 228 g/mol. The highest BCUT2D eigenvalue weighted by atomic mass is 16.5. The quantitative estimate of drug-likeness (QED) is 0.787. The van der Waals surface area contributed by atoms with Gasteiger partial charge in [0.25, 0.3) is 0 Å². The summed E-state index contributed by atoms with van der Waals surface area (Å²) in [5.41, 5.74) is 1.10. The molecule has 5 heteroatoms. The molecule has 2 fully saturated rings. The maximum absolute atomic E-state index is 5.81. The van der Waals surface area contributed by atoms with Crippen LogP contribution >= 0.6 is 0 Å². The van der Waals surface area contributed by atoms with E-state index in [1.165, 1.54) is 0 Å². The molecule has 0 amide bonds. The van der Waals surface area contributed by atoms with Crippen LogP contribution in [0.5, 0.6) is 0 Å². The summed E-state index contributed by atoms with van der Waals surface area (Å²) in [5, 5.41) is 6.82. The number of pyridine rings is 1. The van der Waals surface area contributed by atoms with E-state index in [0.717, 1.165) is 45.0 Å². The van der Waals surface area contributed by atoms with Crippen LogP contribution in [0.2, 0.25) is 0 Å². The Balaban J connectivity index is 1.82. The average molecular weight is 248 g/mol. The van der Waals surface area contributed by atoms with Crippen molar-refractivity contribution in [2.75, 3.05) is 39.3 Å². The minimum Gasteiger partial charge on any atom is -0.360 e. The summed E-state index contributed by atoms with van der Waals surface area (Å²) in [6.45, 7) is 5.89. The van der Waals surface area contributed by atoms with E-state index in [2.05, 4.69) is 26.6 Å². The second-order valence-corrected chi connectivity index (χ2v) is 4.73. The molecule has 1 aromatic heterocycles. The second-order valence-electron chi connectivity index (χ2n) is 4.73. The Kier molecular flexibility index (Phi) is 3.85. The fraction of sp³-hybridized carbons (Fsp3) is 0.615. The molecule has 0 spiro atoms. The van der Waals surface area contributed by atoms with Gasteiger partial charge in [0.05, 0.1) is 18.3 Å². The topological polar surface area (TPSA) is 49.4 Å². The highest BCUT2D eigenvalue weighted by Gasteiger charge is 2.33. The third-order valence-corrected chi connectivity index (χ3v) is 3.57. The Labute approximate surface area is 108 Å². The standard InChI is InChI=1S/C13H20N4O/c1-2-4-15-11(3-1)12(13-16-7-10-18-13)17-8-5-14-6-9-17/h1-4,12-14,16H,5-10H2. The lowest BCUT2D eigenvalue weighted by atomic mass is 10.1. The average Bonchev–Trinajstić information content (AvgIpc) is 2.95. The molecule has 0 saturated carbocycles. The number of rotatable bonds is 3. The third-order valence-electron chi connectivity index (χ3n) is 3.57. The Hall–Kier alpha value is -1.01. The van der Waals surface area contributed by atoms with Crippen LogP contribution in [-0.2, 0) is 4.74 Å². The molecule has 0 bridgehead atoms. The van der Waals surface area contributed by atoms with Crippen LogP contribution in [0.1, 0.15) is 11.7 Å². The molecule has 5 nitrogen and oxygen atoms in total. The van der Waals surface area contributed by atoms with E-state index in [-0.39, 0.29) is 12.3 Å². The van der Waals surface area contributed by atoms with Gasteiger partial charge in [-0.3, -0.25) is 15.2 Å². The Bertz CT molecular complexity index is 361. The molecule has 3 rings (SSSR count). The molecule has 2 aliphatic rings. The highest BCUT2D eigenvalue weighted by Crippen LogP contribution is 2.25. The van der Waals surface area contributed by atoms with Crippen molar-refractivity contribution in [2.24, 2.45) is 0 Å². The predicted molar refractivity (Wildman–Crippen MR) is 69.2 cm³/mol. The molecule has 2 unspecified atom stereocenters. The maximum Gasteiger partial charge on any atom is 0.129 e. The van der Waals surface area contributed by atoms with Gasteiger partial charge in [0, 0.05) is 38.9 Å². The minimum absolute atomic E-state index is 0.0676. The lowest BCUT2D eigenvalue weighted by Gasteiger charge is -2.37. The minimum atomic E-state index is 0.0676. The maximum atomic E-state index is 5.81. The van der Waals surface area contributed by atoms with Crippen LogP contribution in [0.15, 0.2) is 24.4 Å². The van der Waals surface area contributed by atoms with Gasteiger partial charge < -0.3 is 10.1 Å². The van der Waals surface area contributed by atoms with Gasteiger partial charge in [0.1, 0.15) is 6.23 Å². The predicted octanol–water partition coefficient (Wildman–Crippen LogP) is -0.0262. The molecular formula is C13H20N4O. The monoisotopic (exact) mass is 248 g/mol. The van der Waals surface area contributed by atoms with Crippen LogP contribution in [-0.4, -0.2) is 55.4 Å². The number of ether oxygens (including phenoxy) is 1. The summed E-state index contributed by atoms with van der Waals surface area (Å²) in [4.78, 5) is 6.98.